The Kier molecular flexibility index (Phi) is 1.99. The van der Waals surface area contributed by atoms with Gasteiger partial charge in [-0.25, -0.2) is 0 Å². The minimum atomic E-state index is -0.790. The molecule has 3 heteroatoms. The third kappa shape index (κ3) is 1.41. The van der Waals surface area contributed by atoms with Crippen LogP contribution in [0.1, 0.15) is 26.7 Å². The molecule has 0 aromatic heterocycles. The summed E-state index contributed by atoms with van der Waals surface area (Å²) in [5, 5.41) is 9.63. The van der Waals surface area contributed by atoms with Crippen molar-refractivity contribution in [2.24, 2.45) is 5.73 Å². The molecule has 11 heavy (non-hydrogen) atoms. The summed E-state index contributed by atoms with van der Waals surface area (Å²) in [5.41, 5.74) is 4.69. The van der Waals surface area contributed by atoms with Crippen LogP contribution in [0.5, 0.6) is 0 Å². The standard InChI is InChI=1S/C8H17NO2/c1-7(2,10)8(9)4-6(5-8)11-3/h6,10H,4-5,9H2,1-3H3. The van der Waals surface area contributed by atoms with E-state index in [4.69, 9.17) is 10.5 Å². The molecule has 0 saturated heterocycles. The molecule has 0 atom stereocenters. The van der Waals surface area contributed by atoms with E-state index in [0.717, 1.165) is 12.8 Å². The minimum absolute atomic E-state index is 0.242. The number of hydrogen-bond donors (Lipinski definition) is 2. The largest absolute Gasteiger partial charge is 0.389 e. The Morgan fingerprint density at radius 3 is 2.27 bits per heavy atom. The Morgan fingerprint density at radius 2 is 2.00 bits per heavy atom. The van der Waals surface area contributed by atoms with Gasteiger partial charge < -0.3 is 15.6 Å². The maximum absolute atomic E-state index is 9.63. The van der Waals surface area contributed by atoms with Crippen LogP contribution in [0, 0.1) is 0 Å². The molecule has 0 heterocycles. The molecule has 1 rings (SSSR count). The molecule has 0 bridgehead atoms. The van der Waals surface area contributed by atoms with Gasteiger partial charge >= 0.3 is 0 Å². The molecular weight excluding hydrogens is 142 g/mol. The maximum Gasteiger partial charge on any atom is 0.0772 e. The molecule has 3 N–H and O–H groups in total. The first-order valence-corrected chi connectivity index (χ1v) is 3.93. The zero-order valence-electron chi connectivity index (χ0n) is 7.42. The van der Waals surface area contributed by atoms with Gasteiger partial charge in [0.05, 0.1) is 11.7 Å². The molecule has 0 spiro atoms. The predicted octanol–water partition coefficient (Wildman–Crippen LogP) is 0.264. The molecule has 1 saturated carbocycles. The lowest BCUT2D eigenvalue weighted by Gasteiger charge is -2.51. The van der Waals surface area contributed by atoms with Crippen LogP contribution < -0.4 is 5.73 Å². The number of hydrogen-bond acceptors (Lipinski definition) is 3. The lowest BCUT2D eigenvalue weighted by Crippen LogP contribution is -2.67. The molecule has 0 aromatic rings. The van der Waals surface area contributed by atoms with E-state index >= 15 is 0 Å². The van der Waals surface area contributed by atoms with E-state index in [1.165, 1.54) is 0 Å². The van der Waals surface area contributed by atoms with Gasteiger partial charge in [0, 0.05) is 12.6 Å². The van der Waals surface area contributed by atoms with Crippen LogP contribution in [0.25, 0.3) is 0 Å². The van der Waals surface area contributed by atoms with Crippen LogP contribution in [0.2, 0.25) is 0 Å². The Labute approximate surface area is 67.5 Å². The summed E-state index contributed by atoms with van der Waals surface area (Å²) in [7, 11) is 1.68. The van der Waals surface area contributed by atoms with E-state index in [0.29, 0.717) is 0 Å². The van der Waals surface area contributed by atoms with Crippen LogP contribution in [0.4, 0.5) is 0 Å². The molecule has 0 unspecified atom stereocenters. The van der Waals surface area contributed by atoms with Gasteiger partial charge in [-0.15, -0.1) is 0 Å². The zero-order chi connectivity index (χ0) is 8.70. The van der Waals surface area contributed by atoms with Gasteiger partial charge in [0.25, 0.3) is 0 Å². The average Bonchev–Trinajstić information content (AvgIpc) is 1.78. The minimum Gasteiger partial charge on any atom is -0.389 e. The first-order chi connectivity index (χ1) is 4.89. The van der Waals surface area contributed by atoms with Gasteiger partial charge in [-0.2, -0.15) is 0 Å². The van der Waals surface area contributed by atoms with Gasteiger partial charge in [0.2, 0.25) is 0 Å². The third-order valence-electron chi connectivity index (χ3n) is 2.74. The molecule has 1 aliphatic carbocycles. The smallest absolute Gasteiger partial charge is 0.0772 e. The molecule has 1 aliphatic rings. The fourth-order valence-electron chi connectivity index (χ4n) is 1.42. The van der Waals surface area contributed by atoms with Crippen molar-refractivity contribution in [3.8, 4) is 0 Å². The summed E-state index contributed by atoms with van der Waals surface area (Å²) >= 11 is 0. The highest BCUT2D eigenvalue weighted by Crippen LogP contribution is 2.39. The lowest BCUT2D eigenvalue weighted by atomic mass is 9.66. The summed E-state index contributed by atoms with van der Waals surface area (Å²) in [6.07, 6.45) is 1.76. The highest BCUT2D eigenvalue weighted by molar-refractivity contribution is 5.08. The van der Waals surface area contributed by atoms with Crippen molar-refractivity contribution in [2.45, 2.75) is 43.9 Å². The normalized spacial score (nSPS) is 38.5. The van der Waals surface area contributed by atoms with Gasteiger partial charge in [-0.3, -0.25) is 0 Å². The van der Waals surface area contributed by atoms with Crippen molar-refractivity contribution in [3.05, 3.63) is 0 Å². The van der Waals surface area contributed by atoms with Crippen LogP contribution in [0.15, 0.2) is 0 Å². The van der Waals surface area contributed by atoms with Crippen LogP contribution >= 0.6 is 0 Å². The van der Waals surface area contributed by atoms with Crippen molar-refractivity contribution >= 4 is 0 Å². The quantitative estimate of drug-likeness (QED) is 0.608. The molecule has 0 radical (unpaired) electrons. The molecule has 0 aromatic carbocycles. The highest BCUT2D eigenvalue weighted by Gasteiger charge is 2.50. The van der Waals surface area contributed by atoms with Crippen molar-refractivity contribution in [1.29, 1.82) is 0 Å². The summed E-state index contributed by atoms with van der Waals surface area (Å²) in [4.78, 5) is 0. The fourth-order valence-corrected chi connectivity index (χ4v) is 1.42. The Bertz CT molecular complexity index is 145. The Hall–Kier alpha value is -0.120. The topological polar surface area (TPSA) is 55.5 Å². The third-order valence-corrected chi connectivity index (χ3v) is 2.74. The van der Waals surface area contributed by atoms with Crippen molar-refractivity contribution in [2.75, 3.05) is 7.11 Å². The summed E-state index contributed by atoms with van der Waals surface area (Å²) in [6.45, 7) is 3.50. The van der Waals surface area contributed by atoms with Crippen molar-refractivity contribution < 1.29 is 9.84 Å². The SMILES string of the molecule is COC1CC(N)(C(C)(C)O)C1. The zero-order valence-corrected chi connectivity index (χ0v) is 7.42. The summed E-state index contributed by atoms with van der Waals surface area (Å²) in [6, 6.07) is 0. The van der Waals surface area contributed by atoms with Gasteiger partial charge in [-0.1, -0.05) is 0 Å². The van der Waals surface area contributed by atoms with Gasteiger partial charge in [0.15, 0.2) is 0 Å². The van der Waals surface area contributed by atoms with E-state index in [-0.39, 0.29) is 6.10 Å². The number of ether oxygens (including phenoxy) is 1. The van der Waals surface area contributed by atoms with Gasteiger partial charge in [-0.05, 0) is 26.7 Å². The first kappa shape index (κ1) is 8.97. The molecule has 1 fully saturated rings. The second-order valence-corrected chi connectivity index (χ2v) is 3.98. The van der Waals surface area contributed by atoms with E-state index < -0.39 is 11.1 Å². The number of methoxy groups -OCH3 is 1. The van der Waals surface area contributed by atoms with Crippen LogP contribution in [-0.4, -0.2) is 29.5 Å². The second kappa shape index (κ2) is 2.44. The van der Waals surface area contributed by atoms with Crippen LogP contribution in [-0.2, 0) is 4.74 Å². The average molecular weight is 159 g/mol. The highest BCUT2D eigenvalue weighted by atomic mass is 16.5. The number of nitrogens with two attached hydrogens (primary N) is 1. The van der Waals surface area contributed by atoms with Gasteiger partial charge in [0.1, 0.15) is 0 Å². The second-order valence-electron chi connectivity index (χ2n) is 3.98. The lowest BCUT2D eigenvalue weighted by molar-refractivity contribution is -0.108. The molecule has 3 nitrogen and oxygen atoms in total. The summed E-state index contributed by atoms with van der Waals surface area (Å²) in [5.74, 6) is 0. The van der Waals surface area contributed by atoms with E-state index in [9.17, 15) is 5.11 Å². The van der Waals surface area contributed by atoms with Crippen LogP contribution in [0.3, 0.4) is 0 Å². The maximum atomic E-state index is 9.63. The predicted molar refractivity (Wildman–Crippen MR) is 43.2 cm³/mol. The summed E-state index contributed by atoms with van der Waals surface area (Å²) < 4.78 is 5.09. The number of rotatable bonds is 2. The fraction of sp³-hybridized carbons (Fsp3) is 1.00. The van der Waals surface area contributed by atoms with E-state index in [1.807, 2.05) is 0 Å². The Morgan fingerprint density at radius 1 is 1.55 bits per heavy atom. The molecule has 66 valence electrons. The van der Waals surface area contributed by atoms with Crippen molar-refractivity contribution in [1.82, 2.24) is 0 Å². The molecule has 0 amide bonds. The number of aliphatic hydroxyl groups is 1. The Balaban J connectivity index is 2.49. The van der Waals surface area contributed by atoms with Crippen molar-refractivity contribution in [3.63, 3.8) is 0 Å². The monoisotopic (exact) mass is 159 g/mol. The van der Waals surface area contributed by atoms with E-state index in [2.05, 4.69) is 0 Å². The first-order valence-electron chi connectivity index (χ1n) is 3.93. The van der Waals surface area contributed by atoms with E-state index in [1.54, 1.807) is 21.0 Å². The molecule has 0 aliphatic heterocycles. The molecular formula is C8H17NO2.